The topological polar surface area (TPSA) is 43.6 Å². The van der Waals surface area contributed by atoms with Crippen molar-refractivity contribution >= 4 is 29.0 Å². The number of benzene rings is 2. The van der Waals surface area contributed by atoms with Crippen LogP contribution in [0.1, 0.15) is 11.1 Å². The Morgan fingerprint density at radius 3 is 2.84 bits per heavy atom. The minimum absolute atomic E-state index is 0.0159. The highest BCUT2D eigenvalue weighted by Crippen LogP contribution is 2.22. The molecule has 0 bridgehead atoms. The van der Waals surface area contributed by atoms with Crippen molar-refractivity contribution < 1.29 is 4.74 Å². The van der Waals surface area contributed by atoms with Crippen molar-refractivity contribution in [3.63, 3.8) is 0 Å². The van der Waals surface area contributed by atoms with Crippen LogP contribution in [0.4, 0.5) is 0 Å². The van der Waals surface area contributed by atoms with Gasteiger partial charge in [0.05, 0.1) is 11.1 Å². The number of rotatable bonds is 4. The molecule has 0 unspecified atom stereocenters. The van der Waals surface area contributed by atoms with Gasteiger partial charge in [0.2, 0.25) is 0 Å². The van der Waals surface area contributed by atoms with Crippen LogP contribution in [0.3, 0.4) is 0 Å². The second-order valence-electron chi connectivity index (χ2n) is 5.65. The van der Waals surface area contributed by atoms with Crippen molar-refractivity contribution in [2.45, 2.75) is 13.2 Å². The summed E-state index contributed by atoms with van der Waals surface area (Å²) in [6.45, 7) is 1.74. The number of para-hydroxylation sites is 1. The lowest BCUT2D eigenvalue weighted by atomic mass is 10.2. The van der Waals surface area contributed by atoms with E-state index in [0.29, 0.717) is 29.3 Å². The van der Waals surface area contributed by atoms with Crippen molar-refractivity contribution in [1.29, 1.82) is 0 Å². The number of fused-ring (bicyclic) bond motifs is 1. The summed E-state index contributed by atoms with van der Waals surface area (Å²) in [5.41, 5.74) is 1.81. The first kappa shape index (κ1) is 16.1. The van der Waals surface area contributed by atoms with E-state index in [0.717, 1.165) is 21.7 Å². The van der Waals surface area contributed by atoms with Gasteiger partial charge in [-0.1, -0.05) is 59.3 Å². The number of hydrogen-bond acceptors (Lipinski definition) is 4. The normalized spacial score (nSPS) is 13.6. The molecule has 6 heteroatoms. The monoisotopic (exact) mass is 370 g/mol. The van der Waals surface area contributed by atoms with Gasteiger partial charge in [-0.3, -0.25) is 14.4 Å². The Morgan fingerprint density at radius 2 is 2.00 bits per heavy atom. The van der Waals surface area contributed by atoms with Gasteiger partial charge < -0.3 is 4.74 Å². The molecule has 1 aliphatic rings. The van der Waals surface area contributed by atoms with Crippen LogP contribution in [0.5, 0.6) is 5.75 Å². The van der Waals surface area contributed by atoms with Crippen LogP contribution in [-0.2, 0) is 13.2 Å². The van der Waals surface area contributed by atoms with Crippen LogP contribution in [-0.4, -0.2) is 11.1 Å². The zero-order chi connectivity index (χ0) is 17.2. The molecule has 0 amide bonds. The van der Waals surface area contributed by atoms with E-state index in [9.17, 15) is 4.79 Å². The summed E-state index contributed by atoms with van der Waals surface area (Å²) in [5.74, 6) is 0.720. The molecular formula is C19H15ClN2O2S. The highest BCUT2D eigenvalue weighted by molar-refractivity contribution is 7.07. The molecule has 4 rings (SSSR count). The molecule has 2 heterocycles. The Kier molecular flexibility index (Phi) is 4.42. The maximum Gasteiger partial charge on any atom is 0.270 e. The van der Waals surface area contributed by atoms with E-state index in [4.69, 9.17) is 16.3 Å². The zero-order valence-corrected chi connectivity index (χ0v) is 14.9. The lowest BCUT2D eigenvalue weighted by Crippen LogP contribution is -2.29. The molecule has 3 aromatic rings. The fourth-order valence-corrected chi connectivity index (χ4v) is 3.92. The van der Waals surface area contributed by atoms with Crippen LogP contribution in [0.25, 0.3) is 6.08 Å². The molecule has 0 spiro atoms. The van der Waals surface area contributed by atoms with Gasteiger partial charge in [0, 0.05) is 22.7 Å². The third-order valence-electron chi connectivity index (χ3n) is 4.01. The predicted octanol–water partition coefficient (Wildman–Crippen LogP) is 2.60. The van der Waals surface area contributed by atoms with Crippen LogP contribution in [0, 0.1) is 0 Å². The van der Waals surface area contributed by atoms with Crippen LogP contribution in [0.15, 0.2) is 58.3 Å². The summed E-state index contributed by atoms with van der Waals surface area (Å²) in [4.78, 5) is 17.6. The standard InChI is InChI=1S/C19H15ClN2O2S/c20-15-7-3-1-6-14(15)12-24-16-8-4-2-5-13(16)11-17-18(23)22-10-9-21-19(22)25-17/h1-8,11H,9-10,12H2/b17-11-. The smallest absolute Gasteiger partial charge is 0.270 e. The highest BCUT2D eigenvalue weighted by atomic mass is 35.5. The maximum absolute atomic E-state index is 12.4. The SMILES string of the molecule is O=c1/c(=C/c2ccccc2OCc2ccccc2Cl)sc2n1CCN=2. The Hall–Kier alpha value is -2.37. The Bertz CT molecular complexity index is 1100. The van der Waals surface area contributed by atoms with E-state index in [-0.39, 0.29) is 5.56 Å². The van der Waals surface area contributed by atoms with E-state index >= 15 is 0 Å². The van der Waals surface area contributed by atoms with Crippen molar-refractivity contribution in [1.82, 2.24) is 4.57 Å². The zero-order valence-electron chi connectivity index (χ0n) is 13.3. The minimum Gasteiger partial charge on any atom is -0.488 e. The van der Waals surface area contributed by atoms with Crippen molar-refractivity contribution in [3.8, 4) is 5.75 Å². The van der Waals surface area contributed by atoms with E-state index in [1.165, 1.54) is 11.3 Å². The quantitative estimate of drug-likeness (QED) is 0.708. The number of hydrogen-bond donors (Lipinski definition) is 0. The van der Waals surface area contributed by atoms with E-state index < -0.39 is 0 Å². The van der Waals surface area contributed by atoms with Crippen molar-refractivity contribution in [2.24, 2.45) is 4.99 Å². The molecule has 25 heavy (non-hydrogen) atoms. The molecular weight excluding hydrogens is 356 g/mol. The molecule has 0 atom stereocenters. The lowest BCUT2D eigenvalue weighted by Gasteiger charge is -2.10. The Morgan fingerprint density at radius 1 is 1.20 bits per heavy atom. The largest absolute Gasteiger partial charge is 0.488 e. The third-order valence-corrected chi connectivity index (χ3v) is 5.42. The average molecular weight is 371 g/mol. The predicted molar refractivity (Wildman–Crippen MR) is 100 cm³/mol. The summed E-state index contributed by atoms with van der Waals surface area (Å²) in [6.07, 6.45) is 1.87. The first-order valence-corrected chi connectivity index (χ1v) is 9.13. The van der Waals surface area contributed by atoms with Gasteiger partial charge in [0.1, 0.15) is 12.4 Å². The molecule has 2 aromatic carbocycles. The van der Waals surface area contributed by atoms with Crippen LogP contribution >= 0.6 is 22.9 Å². The fourth-order valence-electron chi connectivity index (χ4n) is 2.71. The highest BCUT2D eigenvalue weighted by Gasteiger charge is 2.10. The molecule has 0 aliphatic carbocycles. The number of thiazole rings is 1. The van der Waals surface area contributed by atoms with Gasteiger partial charge in [-0.15, -0.1) is 0 Å². The van der Waals surface area contributed by atoms with E-state index in [1.807, 2.05) is 54.6 Å². The first-order chi connectivity index (χ1) is 12.2. The summed E-state index contributed by atoms with van der Waals surface area (Å²) in [6, 6.07) is 15.3. The van der Waals surface area contributed by atoms with Gasteiger partial charge in [-0.05, 0) is 18.2 Å². The van der Waals surface area contributed by atoms with Crippen molar-refractivity contribution in [3.05, 3.63) is 84.4 Å². The van der Waals surface area contributed by atoms with Crippen LogP contribution in [0.2, 0.25) is 5.02 Å². The number of halogens is 1. The maximum atomic E-state index is 12.4. The second-order valence-corrected chi connectivity index (χ2v) is 7.07. The molecule has 0 radical (unpaired) electrons. The molecule has 1 aromatic heterocycles. The van der Waals surface area contributed by atoms with E-state index in [1.54, 1.807) is 4.57 Å². The van der Waals surface area contributed by atoms with Gasteiger partial charge in [-0.2, -0.15) is 0 Å². The van der Waals surface area contributed by atoms with Gasteiger partial charge in [0.25, 0.3) is 5.56 Å². The van der Waals surface area contributed by atoms with Gasteiger partial charge in [0.15, 0.2) is 4.80 Å². The Balaban J connectivity index is 1.67. The third kappa shape index (κ3) is 3.25. The summed E-state index contributed by atoms with van der Waals surface area (Å²) >= 11 is 7.60. The second kappa shape index (κ2) is 6.86. The number of nitrogens with zero attached hydrogens (tertiary/aromatic N) is 2. The van der Waals surface area contributed by atoms with Crippen molar-refractivity contribution in [2.75, 3.05) is 6.54 Å². The molecule has 0 fully saturated rings. The molecule has 1 aliphatic heterocycles. The number of ether oxygens (including phenoxy) is 1. The summed E-state index contributed by atoms with van der Waals surface area (Å²) in [5, 5.41) is 0.679. The fraction of sp³-hybridized carbons (Fsp3) is 0.158. The van der Waals surface area contributed by atoms with Crippen LogP contribution < -0.4 is 19.6 Å². The lowest BCUT2D eigenvalue weighted by molar-refractivity contribution is 0.305. The minimum atomic E-state index is 0.0159. The van der Waals surface area contributed by atoms with E-state index in [2.05, 4.69) is 4.99 Å². The molecule has 4 nitrogen and oxygen atoms in total. The molecule has 0 saturated heterocycles. The number of aromatic nitrogens is 1. The Labute approximate surface area is 153 Å². The first-order valence-electron chi connectivity index (χ1n) is 7.93. The molecule has 126 valence electrons. The van der Waals surface area contributed by atoms with Gasteiger partial charge in [-0.25, -0.2) is 0 Å². The molecule has 0 saturated carbocycles. The van der Waals surface area contributed by atoms with Gasteiger partial charge >= 0.3 is 0 Å². The molecule has 0 N–H and O–H groups in total. The summed E-state index contributed by atoms with van der Waals surface area (Å²) in [7, 11) is 0. The average Bonchev–Trinajstić information content (AvgIpc) is 3.19. The summed E-state index contributed by atoms with van der Waals surface area (Å²) < 4.78 is 8.35.